The van der Waals surface area contributed by atoms with Gasteiger partial charge in [-0.15, -0.1) is 0 Å². The number of amides is 1. The van der Waals surface area contributed by atoms with Crippen LogP contribution in [-0.4, -0.2) is 41.1 Å². The molecule has 1 N–H and O–H groups in total. The van der Waals surface area contributed by atoms with E-state index in [0.29, 0.717) is 5.75 Å². The van der Waals surface area contributed by atoms with Gasteiger partial charge in [0.25, 0.3) is 5.91 Å². The average Bonchev–Trinajstić information content (AvgIpc) is 2.89. The fourth-order valence-corrected chi connectivity index (χ4v) is 2.57. The van der Waals surface area contributed by atoms with Crippen LogP contribution in [0, 0.1) is 0 Å². The minimum absolute atomic E-state index is 0.135. The molecule has 5 heteroatoms. The molecule has 0 aliphatic heterocycles. The first kappa shape index (κ1) is 15.4. The van der Waals surface area contributed by atoms with Gasteiger partial charge in [-0.25, -0.2) is 0 Å². The molecule has 1 aliphatic rings. The summed E-state index contributed by atoms with van der Waals surface area (Å²) in [6.07, 6.45) is 3.32. The monoisotopic (exact) mass is 291 g/mol. The van der Waals surface area contributed by atoms with Crippen LogP contribution >= 0.6 is 0 Å². The zero-order chi connectivity index (χ0) is 15.4. The number of aliphatic carboxylic acids is 1. The van der Waals surface area contributed by atoms with Gasteiger partial charge in [0.05, 0.1) is 0 Å². The lowest BCUT2D eigenvalue weighted by Crippen LogP contribution is -2.43. The molecule has 5 nitrogen and oxygen atoms in total. The molecule has 0 fully saturated rings. The molecule has 0 unspecified atom stereocenters. The molecule has 0 bridgehead atoms. The van der Waals surface area contributed by atoms with Crippen molar-refractivity contribution in [3.05, 3.63) is 29.3 Å². The predicted octanol–water partition coefficient (Wildman–Crippen LogP) is 1.88. The summed E-state index contributed by atoms with van der Waals surface area (Å²) >= 11 is 0. The standard InChI is InChI=1S/C16H21NO4/c1-11(2)17(9-16(19)20)15(18)10-21-14-7-6-12-4-3-5-13(12)8-14/h6-8,11H,3-5,9-10H2,1-2H3,(H,19,20). The molecule has 1 aliphatic carbocycles. The number of benzene rings is 1. The van der Waals surface area contributed by atoms with Gasteiger partial charge in [-0.3, -0.25) is 9.59 Å². The highest BCUT2D eigenvalue weighted by Gasteiger charge is 2.20. The molecule has 0 spiro atoms. The van der Waals surface area contributed by atoms with Crippen LogP contribution in [0.2, 0.25) is 0 Å². The molecule has 0 heterocycles. The third-order valence-electron chi connectivity index (χ3n) is 3.68. The molecule has 0 aromatic heterocycles. The molecule has 21 heavy (non-hydrogen) atoms. The molecule has 114 valence electrons. The van der Waals surface area contributed by atoms with Crippen LogP contribution in [-0.2, 0) is 22.4 Å². The Balaban J connectivity index is 1.95. The number of carboxylic acid groups (broad SMARTS) is 1. The number of hydrogen-bond donors (Lipinski definition) is 1. The number of carboxylic acids is 1. The lowest BCUT2D eigenvalue weighted by Gasteiger charge is -2.24. The fraction of sp³-hybridized carbons (Fsp3) is 0.500. The Kier molecular flexibility index (Phi) is 4.83. The number of ether oxygens (including phenoxy) is 1. The number of fused-ring (bicyclic) bond motifs is 1. The van der Waals surface area contributed by atoms with E-state index in [1.165, 1.54) is 16.0 Å². The van der Waals surface area contributed by atoms with Crippen molar-refractivity contribution in [1.29, 1.82) is 0 Å². The van der Waals surface area contributed by atoms with Crippen molar-refractivity contribution in [1.82, 2.24) is 4.90 Å². The zero-order valence-electron chi connectivity index (χ0n) is 12.5. The number of carbonyl (C=O) groups excluding carboxylic acids is 1. The minimum Gasteiger partial charge on any atom is -0.484 e. The summed E-state index contributed by atoms with van der Waals surface area (Å²) in [5.41, 5.74) is 2.63. The van der Waals surface area contributed by atoms with E-state index in [2.05, 4.69) is 0 Å². The molecule has 1 aromatic carbocycles. The second kappa shape index (κ2) is 6.61. The first-order chi connectivity index (χ1) is 9.97. The number of nitrogens with zero attached hydrogens (tertiary/aromatic N) is 1. The fourth-order valence-electron chi connectivity index (χ4n) is 2.57. The molecule has 2 rings (SSSR count). The van der Waals surface area contributed by atoms with Crippen molar-refractivity contribution in [3.63, 3.8) is 0 Å². The number of aryl methyl sites for hydroxylation is 2. The summed E-state index contributed by atoms with van der Waals surface area (Å²) in [4.78, 5) is 24.2. The largest absolute Gasteiger partial charge is 0.484 e. The van der Waals surface area contributed by atoms with Crippen molar-refractivity contribution in [2.24, 2.45) is 0 Å². The second-order valence-corrected chi connectivity index (χ2v) is 5.58. The normalized spacial score (nSPS) is 13.1. The Bertz CT molecular complexity index is 539. The van der Waals surface area contributed by atoms with E-state index in [-0.39, 0.29) is 25.1 Å². The molecular weight excluding hydrogens is 270 g/mol. The maximum Gasteiger partial charge on any atom is 0.323 e. The Morgan fingerprint density at radius 1 is 1.29 bits per heavy atom. The summed E-state index contributed by atoms with van der Waals surface area (Å²) in [6.45, 7) is 3.14. The van der Waals surface area contributed by atoms with Crippen molar-refractivity contribution in [2.45, 2.75) is 39.2 Å². The highest BCUT2D eigenvalue weighted by Crippen LogP contribution is 2.26. The van der Waals surface area contributed by atoms with Gasteiger partial charge in [0.15, 0.2) is 6.61 Å². The smallest absolute Gasteiger partial charge is 0.323 e. The Hall–Kier alpha value is -2.04. The average molecular weight is 291 g/mol. The summed E-state index contributed by atoms with van der Waals surface area (Å²) < 4.78 is 5.52. The SMILES string of the molecule is CC(C)N(CC(=O)O)C(=O)COc1ccc2c(c1)CCC2. The van der Waals surface area contributed by atoms with E-state index in [9.17, 15) is 9.59 Å². The van der Waals surface area contributed by atoms with Crippen LogP contribution in [0.25, 0.3) is 0 Å². The van der Waals surface area contributed by atoms with Gasteiger partial charge in [0, 0.05) is 6.04 Å². The molecule has 0 saturated heterocycles. The summed E-state index contributed by atoms with van der Waals surface area (Å²) in [6, 6.07) is 5.72. The van der Waals surface area contributed by atoms with Gasteiger partial charge in [0.1, 0.15) is 12.3 Å². The van der Waals surface area contributed by atoms with Crippen LogP contribution < -0.4 is 4.74 Å². The number of rotatable bonds is 6. The maximum absolute atomic E-state index is 12.1. The maximum atomic E-state index is 12.1. The minimum atomic E-state index is -1.02. The Morgan fingerprint density at radius 2 is 2.00 bits per heavy atom. The number of hydrogen-bond acceptors (Lipinski definition) is 3. The van der Waals surface area contributed by atoms with Crippen LogP contribution in [0.15, 0.2) is 18.2 Å². The quantitative estimate of drug-likeness (QED) is 0.869. The van der Waals surface area contributed by atoms with E-state index in [1.54, 1.807) is 13.8 Å². The van der Waals surface area contributed by atoms with E-state index in [0.717, 1.165) is 19.3 Å². The third-order valence-corrected chi connectivity index (χ3v) is 3.68. The van der Waals surface area contributed by atoms with E-state index in [1.807, 2.05) is 18.2 Å². The van der Waals surface area contributed by atoms with Crippen LogP contribution in [0.4, 0.5) is 0 Å². The Morgan fingerprint density at radius 3 is 2.67 bits per heavy atom. The van der Waals surface area contributed by atoms with Gasteiger partial charge in [-0.1, -0.05) is 6.07 Å². The van der Waals surface area contributed by atoms with Gasteiger partial charge in [0.2, 0.25) is 0 Å². The molecule has 0 radical (unpaired) electrons. The number of carbonyl (C=O) groups is 2. The highest BCUT2D eigenvalue weighted by atomic mass is 16.5. The van der Waals surface area contributed by atoms with Gasteiger partial charge in [-0.05, 0) is 56.4 Å². The summed E-state index contributed by atoms with van der Waals surface area (Å²) in [7, 11) is 0. The van der Waals surface area contributed by atoms with Gasteiger partial charge < -0.3 is 14.7 Å². The molecular formula is C16H21NO4. The Labute approximate surface area is 124 Å². The van der Waals surface area contributed by atoms with E-state index >= 15 is 0 Å². The lowest BCUT2D eigenvalue weighted by molar-refractivity contribution is -0.146. The topological polar surface area (TPSA) is 66.8 Å². The van der Waals surface area contributed by atoms with Crippen molar-refractivity contribution in [2.75, 3.05) is 13.2 Å². The third kappa shape index (κ3) is 3.97. The van der Waals surface area contributed by atoms with Crippen molar-refractivity contribution >= 4 is 11.9 Å². The van der Waals surface area contributed by atoms with Crippen LogP contribution in [0.1, 0.15) is 31.4 Å². The van der Waals surface area contributed by atoms with Crippen molar-refractivity contribution in [3.8, 4) is 5.75 Å². The molecule has 0 saturated carbocycles. The van der Waals surface area contributed by atoms with Crippen LogP contribution in [0.5, 0.6) is 5.75 Å². The second-order valence-electron chi connectivity index (χ2n) is 5.58. The summed E-state index contributed by atoms with van der Waals surface area (Å²) in [5.74, 6) is -0.662. The first-order valence-electron chi connectivity index (χ1n) is 7.23. The summed E-state index contributed by atoms with van der Waals surface area (Å²) in [5, 5.41) is 8.84. The lowest BCUT2D eigenvalue weighted by atomic mass is 10.1. The predicted molar refractivity (Wildman–Crippen MR) is 78.4 cm³/mol. The van der Waals surface area contributed by atoms with Crippen molar-refractivity contribution < 1.29 is 19.4 Å². The van der Waals surface area contributed by atoms with Crippen LogP contribution in [0.3, 0.4) is 0 Å². The van der Waals surface area contributed by atoms with E-state index < -0.39 is 5.97 Å². The van der Waals surface area contributed by atoms with E-state index in [4.69, 9.17) is 9.84 Å². The molecule has 1 aromatic rings. The molecule has 1 amide bonds. The first-order valence-corrected chi connectivity index (χ1v) is 7.23. The van der Waals surface area contributed by atoms with Gasteiger partial charge in [-0.2, -0.15) is 0 Å². The highest BCUT2D eigenvalue weighted by molar-refractivity contribution is 5.82. The molecule has 0 atom stereocenters. The van der Waals surface area contributed by atoms with Gasteiger partial charge >= 0.3 is 5.97 Å². The zero-order valence-corrected chi connectivity index (χ0v) is 12.5.